The molecule has 0 spiro atoms. The fourth-order valence-corrected chi connectivity index (χ4v) is 1.33. The third-order valence-electron chi connectivity index (χ3n) is 2.03. The number of fused-ring (bicyclic) bond motifs is 1. The fourth-order valence-electron chi connectivity index (χ4n) is 1.33. The number of methoxy groups -OCH3 is 1. The van der Waals surface area contributed by atoms with Gasteiger partial charge in [0.2, 0.25) is 0 Å². The van der Waals surface area contributed by atoms with Crippen LogP contribution in [0.25, 0.3) is 10.9 Å². The minimum atomic E-state index is 0.341. The summed E-state index contributed by atoms with van der Waals surface area (Å²) in [5.41, 5.74) is 6.28. The number of hydrogen-bond donors (Lipinski definition) is 1. The first-order chi connectivity index (χ1) is 6.85. The van der Waals surface area contributed by atoms with Gasteiger partial charge in [0.1, 0.15) is 17.1 Å². The first kappa shape index (κ1) is 8.90. The smallest absolute Gasteiger partial charge is 0.145 e. The van der Waals surface area contributed by atoms with Crippen molar-refractivity contribution in [3.05, 3.63) is 30.2 Å². The Hall–Kier alpha value is -1.68. The molecule has 0 saturated carbocycles. The molecule has 0 aliphatic carbocycles. The highest BCUT2D eigenvalue weighted by atomic mass is 16.5. The molecule has 2 N–H and O–H groups in total. The van der Waals surface area contributed by atoms with Crippen LogP contribution in [-0.4, -0.2) is 17.1 Å². The highest BCUT2D eigenvalue weighted by Crippen LogP contribution is 2.22. The van der Waals surface area contributed by atoms with Gasteiger partial charge in [-0.2, -0.15) is 0 Å². The molecular formula is C10H11N3O. The summed E-state index contributed by atoms with van der Waals surface area (Å²) in [6, 6.07) is 5.72. The van der Waals surface area contributed by atoms with Gasteiger partial charge >= 0.3 is 0 Å². The van der Waals surface area contributed by atoms with Gasteiger partial charge in [-0.05, 0) is 6.07 Å². The lowest BCUT2D eigenvalue weighted by atomic mass is 10.2. The third-order valence-corrected chi connectivity index (χ3v) is 2.03. The lowest BCUT2D eigenvalue weighted by Crippen LogP contribution is -2.02. The SMILES string of the molecule is COc1cccc2cnc(CN)nc12. The largest absolute Gasteiger partial charge is 0.494 e. The summed E-state index contributed by atoms with van der Waals surface area (Å²) < 4.78 is 5.20. The summed E-state index contributed by atoms with van der Waals surface area (Å²) in [6.07, 6.45) is 1.76. The molecule has 1 aromatic heterocycles. The minimum absolute atomic E-state index is 0.341. The summed E-state index contributed by atoms with van der Waals surface area (Å²) in [5.74, 6) is 1.38. The highest BCUT2D eigenvalue weighted by Gasteiger charge is 2.03. The van der Waals surface area contributed by atoms with Crippen LogP contribution in [-0.2, 0) is 6.54 Å². The quantitative estimate of drug-likeness (QED) is 0.768. The molecule has 0 aliphatic heterocycles. The van der Waals surface area contributed by atoms with E-state index in [2.05, 4.69) is 9.97 Å². The van der Waals surface area contributed by atoms with Gasteiger partial charge in [0.05, 0.1) is 13.7 Å². The molecule has 4 heteroatoms. The molecule has 2 aromatic rings. The van der Waals surface area contributed by atoms with Crippen LogP contribution in [0, 0.1) is 0 Å². The van der Waals surface area contributed by atoms with Crippen LogP contribution >= 0.6 is 0 Å². The second-order valence-corrected chi connectivity index (χ2v) is 2.89. The maximum Gasteiger partial charge on any atom is 0.145 e. The van der Waals surface area contributed by atoms with E-state index in [1.807, 2.05) is 18.2 Å². The van der Waals surface area contributed by atoms with Crippen LogP contribution in [0.5, 0.6) is 5.75 Å². The van der Waals surface area contributed by atoms with Crippen molar-refractivity contribution in [2.24, 2.45) is 5.73 Å². The van der Waals surface area contributed by atoms with E-state index in [4.69, 9.17) is 10.5 Å². The van der Waals surface area contributed by atoms with E-state index in [9.17, 15) is 0 Å². The molecule has 2 rings (SSSR count). The Morgan fingerprint density at radius 3 is 3.00 bits per heavy atom. The lowest BCUT2D eigenvalue weighted by molar-refractivity contribution is 0.418. The number of ether oxygens (including phenoxy) is 1. The van der Waals surface area contributed by atoms with E-state index in [0.29, 0.717) is 12.4 Å². The van der Waals surface area contributed by atoms with Gasteiger partial charge in [0.15, 0.2) is 0 Å². The average molecular weight is 189 g/mol. The molecule has 0 amide bonds. The Labute approximate surface area is 81.7 Å². The molecule has 0 fully saturated rings. The van der Waals surface area contributed by atoms with Crippen LogP contribution in [0.4, 0.5) is 0 Å². The molecular weight excluding hydrogens is 178 g/mol. The Balaban J connectivity index is 2.70. The van der Waals surface area contributed by atoms with Crippen molar-refractivity contribution in [2.45, 2.75) is 6.54 Å². The minimum Gasteiger partial charge on any atom is -0.494 e. The van der Waals surface area contributed by atoms with Crippen LogP contribution in [0.3, 0.4) is 0 Å². The van der Waals surface area contributed by atoms with Crippen molar-refractivity contribution in [1.82, 2.24) is 9.97 Å². The number of para-hydroxylation sites is 1. The zero-order valence-electron chi connectivity index (χ0n) is 7.90. The van der Waals surface area contributed by atoms with Crippen molar-refractivity contribution in [3.8, 4) is 5.75 Å². The molecule has 4 nitrogen and oxygen atoms in total. The molecule has 14 heavy (non-hydrogen) atoms. The summed E-state index contributed by atoms with van der Waals surface area (Å²) >= 11 is 0. The Bertz CT molecular complexity index is 456. The van der Waals surface area contributed by atoms with Gasteiger partial charge in [0.25, 0.3) is 0 Å². The first-order valence-electron chi connectivity index (χ1n) is 4.34. The number of aromatic nitrogens is 2. The van der Waals surface area contributed by atoms with Gasteiger partial charge < -0.3 is 10.5 Å². The topological polar surface area (TPSA) is 61.0 Å². The van der Waals surface area contributed by atoms with Crippen LogP contribution in [0.2, 0.25) is 0 Å². The van der Waals surface area contributed by atoms with E-state index in [1.54, 1.807) is 13.3 Å². The molecule has 0 radical (unpaired) electrons. The molecule has 0 saturated heterocycles. The fraction of sp³-hybridized carbons (Fsp3) is 0.200. The summed E-state index contributed by atoms with van der Waals surface area (Å²) in [7, 11) is 1.62. The second kappa shape index (κ2) is 3.59. The zero-order chi connectivity index (χ0) is 9.97. The molecule has 1 aromatic carbocycles. The van der Waals surface area contributed by atoms with Crippen molar-refractivity contribution < 1.29 is 4.74 Å². The van der Waals surface area contributed by atoms with Crippen molar-refractivity contribution in [2.75, 3.05) is 7.11 Å². The van der Waals surface area contributed by atoms with E-state index in [1.165, 1.54) is 0 Å². The molecule has 0 aliphatic rings. The van der Waals surface area contributed by atoms with Crippen molar-refractivity contribution in [3.63, 3.8) is 0 Å². The monoisotopic (exact) mass is 189 g/mol. The Kier molecular flexibility index (Phi) is 2.28. The summed E-state index contributed by atoms with van der Waals surface area (Å²) in [4.78, 5) is 8.41. The van der Waals surface area contributed by atoms with E-state index in [-0.39, 0.29) is 0 Å². The van der Waals surface area contributed by atoms with Gasteiger partial charge in [-0.15, -0.1) is 0 Å². The third kappa shape index (κ3) is 1.40. The predicted molar refractivity (Wildman–Crippen MR) is 54.0 cm³/mol. The normalized spacial score (nSPS) is 10.4. The summed E-state index contributed by atoms with van der Waals surface area (Å²) in [6.45, 7) is 0.341. The Morgan fingerprint density at radius 1 is 1.43 bits per heavy atom. The summed E-state index contributed by atoms with van der Waals surface area (Å²) in [5, 5.41) is 0.960. The van der Waals surface area contributed by atoms with Crippen LogP contribution in [0.15, 0.2) is 24.4 Å². The van der Waals surface area contributed by atoms with Crippen LogP contribution in [0.1, 0.15) is 5.82 Å². The molecule has 0 atom stereocenters. The maximum atomic E-state index is 5.47. The highest BCUT2D eigenvalue weighted by molar-refractivity contribution is 5.83. The standard InChI is InChI=1S/C10H11N3O/c1-14-8-4-2-3-7-6-12-9(5-11)13-10(7)8/h2-4,6H,5,11H2,1H3. The predicted octanol–water partition coefficient (Wildman–Crippen LogP) is 1.10. The van der Waals surface area contributed by atoms with Gasteiger partial charge in [-0.1, -0.05) is 12.1 Å². The van der Waals surface area contributed by atoms with Crippen molar-refractivity contribution in [1.29, 1.82) is 0 Å². The number of benzene rings is 1. The molecule has 0 unspecified atom stereocenters. The van der Waals surface area contributed by atoms with Crippen LogP contribution < -0.4 is 10.5 Å². The van der Waals surface area contributed by atoms with Gasteiger partial charge in [0, 0.05) is 11.6 Å². The van der Waals surface area contributed by atoms with Crippen molar-refractivity contribution >= 4 is 10.9 Å². The van der Waals surface area contributed by atoms with E-state index in [0.717, 1.165) is 16.7 Å². The number of nitrogens with zero attached hydrogens (tertiary/aromatic N) is 2. The van der Waals surface area contributed by atoms with E-state index < -0.39 is 0 Å². The molecule has 1 heterocycles. The zero-order valence-corrected chi connectivity index (χ0v) is 7.90. The average Bonchev–Trinajstić information content (AvgIpc) is 2.27. The number of nitrogens with two attached hydrogens (primary N) is 1. The van der Waals surface area contributed by atoms with Gasteiger partial charge in [-0.3, -0.25) is 0 Å². The molecule has 0 bridgehead atoms. The van der Waals surface area contributed by atoms with E-state index >= 15 is 0 Å². The second-order valence-electron chi connectivity index (χ2n) is 2.89. The first-order valence-corrected chi connectivity index (χ1v) is 4.34. The number of rotatable bonds is 2. The maximum absolute atomic E-state index is 5.47. The Morgan fingerprint density at radius 2 is 2.29 bits per heavy atom. The van der Waals surface area contributed by atoms with Gasteiger partial charge in [-0.25, -0.2) is 9.97 Å². The lowest BCUT2D eigenvalue weighted by Gasteiger charge is -2.04. The number of hydrogen-bond acceptors (Lipinski definition) is 4. The molecule has 72 valence electrons.